The Hall–Kier alpha value is -0.820. The number of rotatable bonds is 8. The molecule has 0 aliphatic rings. The van der Waals surface area contributed by atoms with Crippen LogP contribution in [0.15, 0.2) is 40.0 Å². The first-order chi connectivity index (χ1) is 9.70. The molecule has 4 heteroatoms. The molecule has 0 saturated heterocycles. The van der Waals surface area contributed by atoms with E-state index in [4.69, 9.17) is 4.74 Å². The predicted octanol–water partition coefficient (Wildman–Crippen LogP) is 3.09. The molecule has 0 saturated carbocycles. The van der Waals surface area contributed by atoms with E-state index >= 15 is 0 Å². The zero-order valence-electron chi connectivity index (χ0n) is 12.0. The predicted molar refractivity (Wildman–Crippen MR) is 81.6 cm³/mol. The third kappa shape index (κ3) is 5.66. The molecule has 0 aromatic heterocycles. The Morgan fingerprint density at radius 2 is 2.05 bits per heavy atom. The van der Waals surface area contributed by atoms with E-state index < -0.39 is 33.0 Å². The van der Waals surface area contributed by atoms with Crippen molar-refractivity contribution in [1.29, 1.82) is 0 Å². The van der Waals surface area contributed by atoms with Gasteiger partial charge in [-0.05, 0) is 0 Å². The zero-order valence-corrected chi connectivity index (χ0v) is 14.4. The molecule has 1 N–H and O–H groups in total. The maximum absolute atomic E-state index is 12.0. The molecule has 1 aromatic rings. The molecule has 1 rings (SSSR count). The normalized spacial score (nSPS) is 13.1. The Morgan fingerprint density at radius 3 is 2.65 bits per heavy atom. The van der Waals surface area contributed by atoms with Crippen LogP contribution < -0.4 is 0 Å². The average Bonchev–Trinajstić information content (AvgIpc) is 2.48. The van der Waals surface area contributed by atoms with E-state index in [0.29, 0.717) is 12.2 Å². The number of hydrogen-bond acceptors (Lipinski definition) is 3. The molecule has 0 heterocycles. The molecule has 0 amide bonds. The molecule has 0 bridgehead atoms. The summed E-state index contributed by atoms with van der Waals surface area (Å²) in [6.07, 6.45) is 1.45. The Labute approximate surface area is 131 Å². The molecule has 1 atom stereocenters. The van der Waals surface area contributed by atoms with Gasteiger partial charge in [-0.3, -0.25) is 0 Å². The quantitative estimate of drug-likeness (QED) is 0.321. The summed E-state index contributed by atoms with van der Waals surface area (Å²) >= 11 is -0.397. The van der Waals surface area contributed by atoms with Crippen LogP contribution in [0.5, 0.6) is 0 Å². The Morgan fingerprint density at radius 1 is 1.35 bits per heavy atom. The van der Waals surface area contributed by atoms with Crippen molar-refractivity contribution in [3.05, 3.63) is 45.6 Å². The van der Waals surface area contributed by atoms with Gasteiger partial charge >= 0.3 is 131 Å². The van der Waals surface area contributed by atoms with E-state index in [2.05, 4.69) is 6.92 Å². The van der Waals surface area contributed by atoms with Crippen LogP contribution in [0.3, 0.4) is 0 Å². The number of unbranched alkanes of at least 4 members (excludes halogenated alkanes) is 1. The third-order valence-corrected chi connectivity index (χ3v) is 5.44. The first-order valence-electron chi connectivity index (χ1n) is 6.92. The van der Waals surface area contributed by atoms with Gasteiger partial charge in [-0.1, -0.05) is 0 Å². The second-order valence-corrected chi connectivity index (χ2v) is 7.12. The van der Waals surface area contributed by atoms with Crippen LogP contribution in [0.2, 0.25) is 4.47 Å². The first kappa shape index (κ1) is 17.2. The number of benzene rings is 1. The molecule has 20 heavy (non-hydrogen) atoms. The third-order valence-electron chi connectivity index (χ3n) is 2.75. The van der Waals surface area contributed by atoms with E-state index in [9.17, 15) is 9.90 Å². The van der Waals surface area contributed by atoms with Gasteiger partial charge in [0.15, 0.2) is 0 Å². The fourth-order valence-corrected chi connectivity index (χ4v) is 4.42. The minimum atomic E-state index is -0.887. The molecular weight excluding hydrogens is 368 g/mol. The summed E-state index contributed by atoms with van der Waals surface area (Å²) in [5.74, 6) is -0.398. The molecule has 0 aliphatic carbocycles. The summed E-state index contributed by atoms with van der Waals surface area (Å²) in [5, 5.41) is 10.4. The summed E-state index contributed by atoms with van der Waals surface area (Å²) in [7, 11) is 0. The molecule has 1 unspecified atom stereocenters. The SMILES string of the molecule is CCCC[Te]/C=C(\C(=O)OCC)C(O)c1ccccc1. The summed E-state index contributed by atoms with van der Waals surface area (Å²) in [4.78, 5) is 12.0. The summed E-state index contributed by atoms with van der Waals surface area (Å²) in [6, 6.07) is 9.25. The monoisotopic (exact) mass is 392 g/mol. The molecule has 0 aliphatic heterocycles. The van der Waals surface area contributed by atoms with Gasteiger partial charge in [0, 0.05) is 0 Å². The van der Waals surface area contributed by atoms with Crippen molar-refractivity contribution in [3.8, 4) is 0 Å². The Kier molecular flexibility index (Phi) is 8.60. The summed E-state index contributed by atoms with van der Waals surface area (Å²) < 4.78 is 8.14. The van der Waals surface area contributed by atoms with Crippen molar-refractivity contribution in [2.75, 3.05) is 6.61 Å². The van der Waals surface area contributed by atoms with Crippen molar-refractivity contribution in [2.24, 2.45) is 0 Å². The van der Waals surface area contributed by atoms with Crippen LogP contribution in [0.1, 0.15) is 38.4 Å². The zero-order chi connectivity index (χ0) is 14.8. The van der Waals surface area contributed by atoms with Gasteiger partial charge in [0.05, 0.1) is 0 Å². The standard InChI is InChI=1S/C16H22O3Te/c1-3-5-11-20-12-14(16(18)19-4-2)15(17)13-9-7-6-8-10-13/h6-10,12,15,17H,3-5,11H2,1-2H3/b14-12-. The van der Waals surface area contributed by atoms with Crippen LogP contribution in [-0.4, -0.2) is 38.6 Å². The molecular formula is C16H22O3Te. The number of ether oxygens (including phenoxy) is 1. The van der Waals surface area contributed by atoms with Crippen molar-refractivity contribution < 1.29 is 14.6 Å². The van der Waals surface area contributed by atoms with Gasteiger partial charge in [-0.25, -0.2) is 0 Å². The molecule has 0 fully saturated rings. The van der Waals surface area contributed by atoms with E-state index in [1.807, 2.05) is 34.5 Å². The molecule has 110 valence electrons. The number of esters is 1. The summed E-state index contributed by atoms with van der Waals surface area (Å²) in [6.45, 7) is 4.26. The van der Waals surface area contributed by atoms with Crippen LogP contribution in [0.25, 0.3) is 0 Å². The Bertz CT molecular complexity index is 429. The first-order valence-corrected chi connectivity index (χ1v) is 9.91. The van der Waals surface area contributed by atoms with E-state index in [1.165, 1.54) is 6.42 Å². The minimum absolute atomic E-state index is 0.327. The molecule has 0 radical (unpaired) electrons. The van der Waals surface area contributed by atoms with Gasteiger partial charge < -0.3 is 0 Å². The van der Waals surface area contributed by atoms with Gasteiger partial charge in [-0.2, -0.15) is 0 Å². The van der Waals surface area contributed by atoms with Gasteiger partial charge in [0.2, 0.25) is 0 Å². The van der Waals surface area contributed by atoms with E-state index in [1.54, 1.807) is 6.92 Å². The van der Waals surface area contributed by atoms with Crippen molar-refractivity contribution >= 4 is 26.9 Å². The fraction of sp³-hybridized carbons (Fsp3) is 0.438. The average molecular weight is 390 g/mol. The van der Waals surface area contributed by atoms with Gasteiger partial charge in [-0.15, -0.1) is 0 Å². The van der Waals surface area contributed by atoms with Gasteiger partial charge in [0.1, 0.15) is 0 Å². The van der Waals surface area contributed by atoms with Crippen molar-refractivity contribution in [3.63, 3.8) is 0 Å². The van der Waals surface area contributed by atoms with Gasteiger partial charge in [0.25, 0.3) is 0 Å². The summed E-state index contributed by atoms with van der Waals surface area (Å²) in [5.41, 5.74) is 1.13. The fourth-order valence-electron chi connectivity index (χ4n) is 1.63. The topological polar surface area (TPSA) is 46.5 Å². The number of carbonyl (C=O) groups excluding carboxylic acids is 1. The van der Waals surface area contributed by atoms with E-state index in [0.717, 1.165) is 16.5 Å². The van der Waals surface area contributed by atoms with Crippen LogP contribution in [-0.2, 0) is 9.53 Å². The molecule has 3 nitrogen and oxygen atoms in total. The second kappa shape index (κ2) is 9.99. The maximum atomic E-state index is 12.0. The second-order valence-electron chi connectivity index (χ2n) is 4.33. The molecule has 1 aromatic carbocycles. The number of aliphatic hydroxyl groups is 1. The Balaban J connectivity index is 2.83. The van der Waals surface area contributed by atoms with Crippen LogP contribution in [0.4, 0.5) is 0 Å². The van der Waals surface area contributed by atoms with Crippen molar-refractivity contribution in [1.82, 2.24) is 0 Å². The van der Waals surface area contributed by atoms with Crippen LogP contribution in [0, 0.1) is 0 Å². The number of carbonyl (C=O) groups is 1. The molecule has 0 spiro atoms. The number of aliphatic hydroxyl groups excluding tert-OH is 1. The van der Waals surface area contributed by atoms with Crippen LogP contribution >= 0.6 is 0 Å². The van der Waals surface area contributed by atoms with E-state index in [-0.39, 0.29) is 0 Å². The number of hydrogen-bond donors (Lipinski definition) is 1. The van der Waals surface area contributed by atoms with Crippen molar-refractivity contribution in [2.45, 2.75) is 37.3 Å².